The van der Waals surface area contributed by atoms with Gasteiger partial charge in [-0.1, -0.05) is 0 Å². The highest BCUT2D eigenvalue weighted by atomic mass is 16.7. The molecule has 0 unspecified atom stereocenters. The molecule has 2 aliphatic heterocycles. The van der Waals surface area contributed by atoms with Gasteiger partial charge in [-0.15, -0.1) is 0 Å². The zero-order chi connectivity index (χ0) is 14.8. The average molecular weight is 301 g/mol. The van der Waals surface area contributed by atoms with Crippen molar-refractivity contribution in [3.05, 3.63) is 18.1 Å². The van der Waals surface area contributed by atoms with Crippen molar-refractivity contribution in [1.29, 1.82) is 0 Å². The fraction of sp³-hybridized carbons (Fsp3) is 0.688. The monoisotopic (exact) mass is 301 g/mol. The van der Waals surface area contributed by atoms with Crippen molar-refractivity contribution >= 4 is 11.7 Å². The lowest BCUT2D eigenvalue weighted by atomic mass is 9.47. The van der Waals surface area contributed by atoms with Crippen LogP contribution in [0.1, 0.15) is 44.2 Å². The topological polar surface area (TPSA) is 73.3 Å². The summed E-state index contributed by atoms with van der Waals surface area (Å²) in [5.41, 5.74) is 0.655. The maximum Gasteiger partial charge on any atom is 0.238 e. The van der Waals surface area contributed by atoms with Gasteiger partial charge in [-0.2, -0.15) is 0 Å². The highest BCUT2D eigenvalue weighted by Gasteiger charge is 2.65. The summed E-state index contributed by atoms with van der Waals surface area (Å²) < 4.78 is 11.6. The Bertz CT molecular complexity index is 636. The van der Waals surface area contributed by atoms with Crippen LogP contribution in [0.2, 0.25) is 0 Å². The first kappa shape index (κ1) is 13.0. The second-order valence-corrected chi connectivity index (χ2v) is 7.25. The standard InChI is InChI=1S/C16H19N3O3/c20-13-15(11-12(19-13)18-6-5-17-11)9-14(10-15)1-3-16(4-2-14)21-7-8-22-16/h5-6H,1-4,7-10H2,(H,18,19,20). The fourth-order valence-electron chi connectivity index (χ4n) is 4.97. The molecule has 0 atom stereocenters. The van der Waals surface area contributed by atoms with Crippen molar-refractivity contribution < 1.29 is 14.3 Å². The summed E-state index contributed by atoms with van der Waals surface area (Å²) in [4.78, 5) is 21.2. The second kappa shape index (κ2) is 4.06. The molecule has 0 aromatic carbocycles. The number of ether oxygens (including phenoxy) is 2. The van der Waals surface area contributed by atoms with Gasteiger partial charge in [0.1, 0.15) is 0 Å². The van der Waals surface area contributed by atoms with Crippen LogP contribution in [-0.4, -0.2) is 34.9 Å². The van der Waals surface area contributed by atoms with Crippen molar-refractivity contribution in [2.24, 2.45) is 5.41 Å². The number of carbonyl (C=O) groups excluding carboxylic acids is 1. The first-order valence-electron chi connectivity index (χ1n) is 8.07. The summed E-state index contributed by atoms with van der Waals surface area (Å²) in [5, 5.41) is 2.90. The molecule has 1 aromatic heterocycles. The molecule has 5 rings (SSSR count). The Morgan fingerprint density at radius 3 is 2.41 bits per heavy atom. The molecule has 3 spiro atoms. The number of hydrogen-bond acceptors (Lipinski definition) is 5. The Kier molecular flexibility index (Phi) is 2.39. The van der Waals surface area contributed by atoms with Crippen LogP contribution >= 0.6 is 0 Å². The minimum Gasteiger partial charge on any atom is -0.348 e. The smallest absolute Gasteiger partial charge is 0.238 e. The Hall–Kier alpha value is -1.53. The van der Waals surface area contributed by atoms with E-state index >= 15 is 0 Å². The number of nitrogens with one attached hydrogen (secondary N) is 1. The van der Waals surface area contributed by atoms with Crippen LogP contribution in [-0.2, 0) is 19.7 Å². The van der Waals surface area contributed by atoms with E-state index in [0.29, 0.717) is 19.0 Å². The Morgan fingerprint density at radius 1 is 1.00 bits per heavy atom. The molecule has 22 heavy (non-hydrogen) atoms. The number of aromatic nitrogens is 2. The fourth-order valence-corrected chi connectivity index (χ4v) is 4.97. The molecule has 1 aromatic rings. The first-order chi connectivity index (χ1) is 10.7. The molecule has 4 aliphatic rings. The lowest BCUT2D eigenvalue weighted by molar-refractivity contribution is -0.204. The first-order valence-corrected chi connectivity index (χ1v) is 8.07. The van der Waals surface area contributed by atoms with E-state index < -0.39 is 5.41 Å². The zero-order valence-electron chi connectivity index (χ0n) is 12.4. The predicted octanol–water partition coefficient (Wildman–Crippen LogP) is 1.76. The third-order valence-electron chi connectivity index (χ3n) is 6.06. The Labute approximate surface area is 128 Å². The van der Waals surface area contributed by atoms with Crippen LogP contribution in [0.5, 0.6) is 0 Å². The number of hydrogen-bond donors (Lipinski definition) is 1. The maximum atomic E-state index is 12.5. The minimum atomic E-state index is -0.439. The largest absolute Gasteiger partial charge is 0.348 e. The van der Waals surface area contributed by atoms with Crippen molar-refractivity contribution in [2.75, 3.05) is 18.5 Å². The normalized spacial score (nSPS) is 29.5. The van der Waals surface area contributed by atoms with Gasteiger partial charge < -0.3 is 14.8 Å². The van der Waals surface area contributed by atoms with E-state index in [2.05, 4.69) is 15.3 Å². The Morgan fingerprint density at radius 2 is 1.68 bits per heavy atom. The molecule has 6 heteroatoms. The molecule has 3 heterocycles. The summed E-state index contributed by atoms with van der Waals surface area (Å²) in [6.07, 6.45) is 9.10. The van der Waals surface area contributed by atoms with Gasteiger partial charge in [0.15, 0.2) is 11.6 Å². The summed E-state index contributed by atoms with van der Waals surface area (Å²) in [6, 6.07) is 0. The van der Waals surface area contributed by atoms with Crippen LogP contribution < -0.4 is 5.32 Å². The Balaban J connectivity index is 1.37. The molecule has 1 saturated heterocycles. The molecule has 2 aliphatic carbocycles. The SMILES string of the molecule is O=C1Nc2nccnc2C12CC1(CCC3(CC1)OCCO3)C2. The van der Waals surface area contributed by atoms with Crippen molar-refractivity contribution in [3.8, 4) is 0 Å². The lowest BCUT2D eigenvalue weighted by Gasteiger charge is -2.56. The highest BCUT2D eigenvalue weighted by molar-refractivity contribution is 6.05. The van der Waals surface area contributed by atoms with Gasteiger partial charge >= 0.3 is 0 Å². The van der Waals surface area contributed by atoms with Gasteiger partial charge in [0.2, 0.25) is 5.91 Å². The summed E-state index contributed by atoms with van der Waals surface area (Å²) in [7, 11) is 0. The van der Waals surface area contributed by atoms with Crippen molar-refractivity contribution in [1.82, 2.24) is 9.97 Å². The van der Waals surface area contributed by atoms with E-state index in [1.54, 1.807) is 12.4 Å². The number of anilines is 1. The molecule has 3 fully saturated rings. The van der Waals surface area contributed by atoms with Crippen LogP contribution in [0.3, 0.4) is 0 Å². The average Bonchev–Trinajstić information content (AvgIpc) is 3.06. The highest BCUT2D eigenvalue weighted by Crippen LogP contribution is 2.65. The number of rotatable bonds is 0. The van der Waals surface area contributed by atoms with Crippen LogP contribution in [0.15, 0.2) is 12.4 Å². The zero-order valence-corrected chi connectivity index (χ0v) is 12.4. The number of carbonyl (C=O) groups is 1. The maximum absolute atomic E-state index is 12.5. The quantitative estimate of drug-likeness (QED) is 0.790. The summed E-state index contributed by atoms with van der Waals surface area (Å²) >= 11 is 0. The number of nitrogens with zero attached hydrogens (tertiary/aromatic N) is 2. The molecule has 0 radical (unpaired) electrons. The van der Waals surface area contributed by atoms with E-state index in [-0.39, 0.29) is 17.1 Å². The second-order valence-electron chi connectivity index (χ2n) is 7.25. The van der Waals surface area contributed by atoms with E-state index in [1.165, 1.54) is 0 Å². The van der Waals surface area contributed by atoms with Crippen LogP contribution in [0, 0.1) is 5.41 Å². The molecular weight excluding hydrogens is 282 g/mol. The lowest BCUT2D eigenvalue weighted by Crippen LogP contribution is -2.56. The van der Waals surface area contributed by atoms with Gasteiger partial charge in [-0.3, -0.25) is 9.78 Å². The molecular formula is C16H19N3O3. The van der Waals surface area contributed by atoms with Crippen LogP contribution in [0.25, 0.3) is 0 Å². The van der Waals surface area contributed by atoms with E-state index in [9.17, 15) is 4.79 Å². The number of amides is 1. The third-order valence-corrected chi connectivity index (χ3v) is 6.06. The molecule has 116 valence electrons. The van der Waals surface area contributed by atoms with E-state index in [0.717, 1.165) is 44.2 Å². The molecule has 2 saturated carbocycles. The van der Waals surface area contributed by atoms with Gasteiger partial charge in [-0.25, -0.2) is 4.98 Å². The minimum absolute atomic E-state index is 0.0768. The van der Waals surface area contributed by atoms with E-state index in [1.807, 2.05) is 0 Å². The summed E-state index contributed by atoms with van der Waals surface area (Å²) in [6.45, 7) is 1.42. The van der Waals surface area contributed by atoms with Crippen molar-refractivity contribution in [2.45, 2.75) is 49.7 Å². The van der Waals surface area contributed by atoms with Gasteiger partial charge in [-0.05, 0) is 31.1 Å². The van der Waals surface area contributed by atoms with Gasteiger partial charge in [0.25, 0.3) is 0 Å². The third kappa shape index (κ3) is 1.54. The molecule has 1 N–H and O–H groups in total. The molecule has 0 bridgehead atoms. The number of fused-ring (bicyclic) bond motifs is 2. The van der Waals surface area contributed by atoms with E-state index in [4.69, 9.17) is 9.47 Å². The predicted molar refractivity (Wildman–Crippen MR) is 77.1 cm³/mol. The van der Waals surface area contributed by atoms with Gasteiger partial charge in [0.05, 0.1) is 24.3 Å². The molecule has 1 amide bonds. The van der Waals surface area contributed by atoms with Gasteiger partial charge in [0, 0.05) is 25.2 Å². The van der Waals surface area contributed by atoms with Crippen LogP contribution in [0.4, 0.5) is 5.82 Å². The summed E-state index contributed by atoms with van der Waals surface area (Å²) in [5.74, 6) is 0.397. The van der Waals surface area contributed by atoms with Crippen molar-refractivity contribution in [3.63, 3.8) is 0 Å². The molecule has 6 nitrogen and oxygen atoms in total.